The SMILES string of the molecule is COc1ccc(COCC(C)(C)c2cc(NC(=O)C(C)(C)S(=O)CC3CCOCC3)on2)cc1. The lowest BCUT2D eigenvalue weighted by molar-refractivity contribution is -0.117. The van der Waals surface area contributed by atoms with Gasteiger partial charge in [-0.05, 0) is 50.3 Å². The Hall–Kier alpha value is -2.23. The third kappa shape index (κ3) is 6.90. The van der Waals surface area contributed by atoms with Gasteiger partial charge in [0.1, 0.15) is 10.5 Å². The van der Waals surface area contributed by atoms with Crippen LogP contribution in [0.2, 0.25) is 0 Å². The van der Waals surface area contributed by atoms with Gasteiger partial charge in [-0.2, -0.15) is 0 Å². The van der Waals surface area contributed by atoms with Crippen molar-refractivity contribution in [1.29, 1.82) is 0 Å². The fourth-order valence-electron chi connectivity index (χ4n) is 3.57. The summed E-state index contributed by atoms with van der Waals surface area (Å²) >= 11 is 0. The monoisotopic (exact) mass is 492 g/mol. The van der Waals surface area contributed by atoms with Crippen LogP contribution in [-0.2, 0) is 37.1 Å². The van der Waals surface area contributed by atoms with Gasteiger partial charge in [-0.1, -0.05) is 31.1 Å². The molecule has 9 heteroatoms. The number of benzene rings is 1. The molecule has 1 atom stereocenters. The maximum absolute atomic E-state index is 12.9. The largest absolute Gasteiger partial charge is 0.497 e. The topological polar surface area (TPSA) is 99.9 Å². The number of aromatic nitrogens is 1. The van der Waals surface area contributed by atoms with E-state index in [1.165, 1.54) is 0 Å². The summed E-state index contributed by atoms with van der Waals surface area (Å²) in [5, 5.41) is 6.88. The molecule has 3 rings (SSSR count). The number of nitrogens with zero attached hydrogens (tertiary/aromatic N) is 1. The standard InChI is InChI=1S/C25H36N2O6S/c1-24(2,17-32-15-18-6-8-20(30-5)9-7-18)21-14-22(33-27-21)26-23(28)25(3,4)34(29)16-19-10-12-31-13-11-19/h6-9,14,19H,10-13,15-17H2,1-5H3,(H,26,28). The highest BCUT2D eigenvalue weighted by molar-refractivity contribution is 7.87. The van der Waals surface area contributed by atoms with Crippen molar-refractivity contribution in [2.24, 2.45) is 5.92 Å². The van der Waals surface area contributed by atoms with Crippen molar-refractivity contribution in [1.82, 2.24) is 5.16 Å². The van der Waals surface area contributed by atoms with Crippen LogP contribution in [0.1, 0.15) is 51.8 Å². The van der Waals surface area contributed by atoms with Crippen LogP contribution in [0, 0.1) is 5.92 Å². The van der Waals surface area contributed by atoms with Crippen LogP contribution in [0.25, 0.3) is 0 Å². The maximum atomic E-state index is 12.9. The molecule has 2 aromatic rings. The Bertz CT molecular complexity index is 964. The van der Waals surface area contributed by atoms with Crippen molar-refractivity contribution >= 4 is 22.6 Å². The molecular weight excluding hydrogens is 456 g/mol. The molecule has 0 spiro atoms. The van der Waals surface area contributed by atoms with Gasteiger partial charge >= 0.3 is 0 Å². The summed E-state index contributed by atoms with van der Waals surface area (Å²) in [4.78, 5) is 12.9. The first-order chi connectivity index (χ1) is 16.1. The van der Waals surface area contributed by atoms with Crippen molar-refractivity contribution in [3.05, 3.63) is 41.6 Å². The molecule has 1 aromatic heterocycles. The van der Waals surface area contributed by atoms with Crippen molar-refractivity contribution in [3.8, 4) is 5.75 Å². The van der Waals surface area contributed by atoms with E-state index in [1.807, 2.05) is 38.1 Å². The number of amides is 1. The Labute approximate surface area is 204 Å². The van der Waals surface area contributed by atoms with Crippen LogP contribution in [0.15, 0.2) is 34.9 Å². The van der Waals surface area contributed by atoms with Gasteiger partial charge < -0.3 is 18.7 Å². The summed E-state index contributed by atoms with van der Waals surface area (Å²) in [6.07, 6.45) is 1.76. The van der Waals surface area contributed by atoms with E-state index in [0.29, 0.717) is 43.8 Å². The number of ether oxygens (including phenoxy) is 3. The highest BCUT2D eigenvalue weighted by Gasteiger charge is 2.37. The predicted molar refractivity (Wildman–Crippen MR) is 131 cm³/mol. The minimum atomic E-state index is -1.32. The summed E-state index contributed by atoms with van der Waals surface area (Å²) in [6, 6.07) is 9.42. The van der Waals surface area contributed by atoms with Crippen molar-refractivity contribution in [2.75, 3.05) is 38.0 Å². The second kappa shape index (κ2) is 11.5. The van der Waals surface area contributed by atoms with Crippen molar-refractivity contribution in [2.45, 2.75) is 57.3 Å². The molecule has 188 valence electrons. The zero-order valence-electron chi connectivity index (χ0n) is 20.7. The third-order valence-corrected chi connectivity index (χ3v) is 8.27. The van der Waals surface area contributed by atoms with E-state index >= 15 is 0 Å². The van der Waals surface area contributed by atoms with Crippen molar-refractivity contribution in [3.63, 3.8) is 0 Å². The van der Waals surface area contributed by atoms with Crippen LogP contribution in [0.5, 0.6) is 5.75 Å². The van der Waals surface area contributed by atoms with Gasteiger partial charge in [0, 0.05) is 41.2 Å². The molecule has 1 fully saturated rings. The van der Waals surface area contributed by atoms with Gasteiger partial charge in [0.05, 0.1) is 26.0 Å². The lowest BCUT2D eigenvalue weighted by Gasteiger charge is -2.27. The van der Waals surface area contributed by atoms with E-state index in [9.17, 15) is 9.00 Å². The molecule has 1 N–H and O–H groups in total. The predicted octanol–water partition coefficient (Wildman–Crippen LogP) is 4.07. The average Bonchev–Trinajstić information content (AvgIpc) is 3.29. The fourth-order valence-corrected chi connectivity index (χ4v) is 5.01. The molecule has 0 aliphatic carbocycles. The Morgan fingerprint density at radius 3 is 2.50 bits per heavy atom. The van der Waals surface area contributed by atoms with Crippen LogP contribution in [-0.4, -0.2) is 52.7 Å². The quantitative estimate of drug-likeness (QED) is 0.505. The second-order valence-corrected chi connectivity index (χ2v) is 11.9. The zero-order valence-corrected chi connectivity index (χ0v) is 21.5. The zero-order chi connectivity index (χ0) is 24.8. The average molecular weight is 493 g/mol. The van der Waals surface area contributed by atoms with E-state index < -0.39 is 21.0 Å². The first-order valence-electron chi connectivity index (χ1n) is 11.6. The molecule has 1 aliphatic rings. The number of hydrogen-bond acceptors (Lipinski definition) is 7. The van der Waals surface area contributed by atoms with Crippen LogP contribution < -0.4 is 10.1 Å². The second-order valence-electron chi connectivity index (χ2n) is 9.83. The highest BCUT2D eigenvalue weighted by Crippen LogP contribution is 2.27. The van der Waals surface area contributed by atoms with E-state index in [0.717, 1.165) is 24.2 Å². The van der Waals surface area contributed by atoms with Crippen LogP contribution in [0.4, 0.5) is 5.88 Å². The van der Waals surface area contributed by atoms with Gasteiger partial charge in [0.15, 0.2) is 0 Å². The molecule has 0 saturated carbocycles. The molecule has 0 bridgehead atoms. The number of anilines is 1. The van der Waals surface area contributed by atoms with E-state index in [4.69, 9.17) is 18.7 Å². The van der Waals surface area contributed by atoms with Gasteiger partial charge in [-0.25, -0.2) is 0 Å². The number of rotatable bonds is 11. The number of nitrogens with one attached hydrogen (secondary N) is 1. The summed E-state index contributed by atoms with van der Waals surface area (Å²) in [6.45, 7) is 9.65. The van der Waals surface area contributed by atoms with Gasteiger partial charge in [-0.3, -0.25) is 14.3 Å². The molecule has 1 aliphatic heterocycles. The molecular formula is C25H36N2O6S. The summed E-state index contributed by atoms with van der Waals surface area (Å²) in [7, 11) is 0.311. The number of methoxy groups -OCH3 is 1. The molecule has 8 nitrogen and oxygen atoms in total. The maximum Gasteiger partial charge on any atom is 0.245 e. The minimum absolute atomic E-state index is 0.236. The van der Waals surface area contributed by atoms with E-state index in [-0.39, 0.29) is 11.8 Å². The van der Waals surface area contributed by atoms with Gasteiger partial charge in [0.2, 0.25) is 11.8 Å². The number of carbonyl (C=O) groups excluding carboxylic acids is 1. The third-order valence-electron chi connectivity index (χ3n) is 6.17. The summed E-state index contributed by atoms with van der Waals surface area (Å²) < 4.78 is 33.7. The van der Waals surface area contributed by atoms with Crippen LogP contribution >= 0.6 is 0 Å². The molecule has 1 amide bonds. The molecule has 1 aromatic carbocycles. The van der Waals surface area contributed by atoms with Gasteiger partial charge in [0.25, 0.3) is 0 Å². The van der Waals surface area contributed by atoms with E-state index in [1.54, 1.807) is 27.0 Å². The normalized spacial score (nSPS) is 16.3. The van der Waals surface area contributed by atoms with Crippen LogP contribution in [0.3, 0.4) is 0 Å². The molecule has 0 radical (unpaired) electrons. The lowest BCUT2D eigenvalue weighted by Crippen LogP contribution is -2.43. The number of carbonyl (C=O) groups is 1. The number of hydrogen-bond donors (Lipinski definition) is 1. The Morgan fingerprint density at radius 1 is 1.18 bits per heavy atom. The van der Waals surface area contributed by atoms with Gasteiger partial charge in [-0.15, -0.1) is 0 Å². The Kier molecular flexibility index (Phi) is 8.89. The Morgan fingerprint density at radius 2 is 1.85 bits per heavy atom. The minimum Gasteiger partial charge on any atom is -0.497 e. The molecule has 34 heavy (non-hydrogen) atoms. The summed E-state index contributed by atoms with van der Waals surface area (Å²) in [5.41, 5.74) is 1.28. The molecule has 2 heterocycles. The van der Waals surface area contributed by atoms with E-state index in [2.05, 4.69) is 10.5 Å². The van der Waals surface area contributed by atoms with Crippen molar-refractivity contribution < 1.29 is 27.7 Å². The smallest absolute Gasteiger partial charge is 0.245 e. The first kappa shape index (κ1) is 26.4. The lowest BCUT2D eigenvalue weighted by atomic mass is 9.90. The molecule has 1 unspecified atom stereocenters. The first-order valence-corrected chi connectivity index (χ1v) is 12.9. The molecule has 1 saturated heterocycles. The highest BCUT2D eigenvalue weighted by atomic mass is 32.2. The summed E-state index contributed by atoms with van der Waals surface area (Å²) in [5.74, 6) is 1.49. The fraction of sp³-hybridized carbons (Fsp3) is 0.600. The Balaban J connectivity index is 1.53.